The monoisotopic (exact) mass is 316 g/mol. The molecule has 0 saturated heterocycles. The van der Waals surface area contributed by atoms with Crippen molar-refractivity contribution in [2.24, 2.45) is 0 Å². The first-order chi connectivity index (χ1) is 9.18. The van der Waals surface area contributed by atoms with Gasteiger partial charge in [0.05, 0.1) is 17.1 Å². The molecule has 19 heavy (non-hydrogen) atoms. The summed E-state index contributed by atoms with van der Waals surface area (Å²) in [6, 6.07) is 15.9. The summed E-state index contributed by atoms with van der Waals surface area (Å²) in [5, 5.41) is 0. The average molecular weight is 317 g/mol. The zero-order valence-corrected chi connectivity index (χ0v) is 12.1. The van der Waals surface area contributed by atoms with Crippen LogP contribution < -0.4 is 9.80 Å². The van der Waals surface area contributed by atoms with Crippen molar-refractivity contribution in [3.05, 3.63) is 53.0 Å². The smallest absolute Gasteiger partial charge is 0.246 e. The van der Waals surface area contributed by atoms with E-state index in [9.17, 15) is 4.79 Å². The van der Waals surface area contributed by atoms with Gasteiger partial charge in [-0.15, -0.1) is 0 Å². The Balaban J connectivity index is 2.16. The summed E-state index contributed by atoms with van der Waals surface area (Å²) in [5.74, 6) is 0.0921. The molecule has 1 aliphatic heterocycles. The lowest BCUT2D eigenvalue weighted by molar-refractivity contribution is -0.117. The summed E-state index contributed by atoms with van der Waals surface area (Å²) in [7, 11) is 1.82. The summed E-state index contributed by atoms with van der Waals surface area (Å²) < 4.78 is 0.988. The highest BCUT2D eigenvalue weighted by atomic mass is 79.9. The lowest BCUT2D eigenvalue weighted by Crippen LogP contribution is -2.41. The normalized spacial score (nSPS) is 14.5. The third-order valence-corrected chi connectivity index (χ3v) is 4.02. The SMILES string of the molecule is CN1C(=O)CN(c2ccccc2Br)c2ccccc21. The zero-order chi connectivity index (χ0) is 13.4. The number of rotatable bonds is 1. The van der Waals surface area contributed by atoms with Crippen molar-refractivity contribution in [1.82, 2.24) is 0 Å². The number of hydrogen-bond donors (Lipinski definition) is 0. The number of likely N-dealkylation sites (N-methyl/N-ethyl adjacent to an activating group) is 1. The Morgan fingerprint density at radius 2 is 1.53 bits per heavy atom. The topological polar surface area (TPSA) is 23.6 Å². The van der Waals surface area contributed by atoms with Gasteiger partial charge in [-0.1, -0.05) is 24.3 Å². The van der Waals surface area contributed by atoms with Gasteiger partial charge in [0.1, 0.15) is 6.54 Å². The summed E-state index contributed by atoms with van der Waals surface area (Å²) in [6.07, 6.45) is 0. The fourth-order valence-corrected chi connectivity index (χ4v) is 2.82. The van der Waals surface area contributed by atoms with Crippen LogP contribution in [0.1, 0.15) is 0 Å². The molecular weight excluding hydrogens is 304 g/mol. The maximum absolute atomic E-state index is 12.1. The van der Waals surface area contributed by atoms with Crippen LogP contribution in [0.3, 0.4) is 0 Å². The third-order valence-electron chi connectivity index (χ3n) is 3.34. The van der Waals surface area contributed by atoms with Gasteiger partial charge in [0.15, 0.2) is 0 Å². The Morgan fingerprint density at radius 1 is 0.947 bits per heavy atom. The molecule has 3 nitrogen and oxygen atoms in total. The van der Waals surface area contributed by atoms with Crippen LogP contribution in [0.2, 0.25) is 0 Å². The summed E-state index contributed by atoms with van der Waals surface area (Å²) in [5.41, 5.74) is 3.00. The van der Waals surface area contributed by atoms with Gasteiger partial charge in [0, 0.05) is 11.5 Å². The first-order valence-electron chi connectivity index (χ1n) is 6.06. The fraction of sp³-hybridized carbons (Fsp3) is 0.133. The van der Waals surface area contributed by atoms with Crippen LogP contribution in [-0.2, 0) is 4.79 Å². The van der Waals surface area contributed by atoms with Crippen LogP contribution in [-0.4, -0.2) is 19.5 Å². The molecule has 1 aliphatic rings. The van der Waals surface area contributed by atoms with Gasteiger partial charge < -0.3 is 9.80 Å². The summed E-state index contributed by atoms with van der Waals surface area (Å²) in [6.45, 7) is 0.357. The van der Waals surface area contributed by atoms with Gasteiger partial charge in [-0.05, 0) is 40.2 Å². The molecule has 0 aliphatic carbocycles. The van der Waals surface area contributed by atoms with E-state index in [0.29, 0.717) is 6.54 Å². The molecule has 0 atom stereocenters. The molecule has 0 aromatic heterocycles. The van der Waals surface area contributed by atoms with Crippen molar-refractivity contribution >= 4 is 38.9 Å². The van der Waals surface area contributed by atoms with Gasteiger partial charge >= 0.3 is 0 Å². The molecule has 1 heterocycles. The Kier molecular flexibility index (Phi) is 3.03. The highest BCUT2D eigenvalue weighted by Gasteiger charge is 2.27. The molecule has 1 amide bonds. The van der Waals surface area contributed by atoms with E-state index >= 15 is 0 Å². The Labute approximate surface area is 120 Å². The van der Waals surface area contributed by atoms with E-state index in [2.05, 4.69) is 15.9 Å². The molecule has 0 radical (unpaired) electrons. The van der Waals surface area contributed by atoms with Gasteiger partial charge in [-0.25, -0.2) is 0 Å². The fourth-order valence-electron chi connectivity index (χ4n) is 2.32. The zero-order valence-electron chi connectivity index (χ0n) is 10.5. The number of amides is 1. The van der Waals surface area contributed by atoms with Crippen molar-refractivity contribution < 1.29 is 4.79 Å². The second-order valence-corrected chi connectivity index (χ2v) is 5.33. The molecule has 0 spiro atoms. The molecule has 0 unspecified atom stereocenters. The third kappa shape index (κ3) is 2.02. The maximum atomic E-state index is 12.1. The number of carbonyl (C=O) groups excluding carboxylic acids is 1. The minimum Gasteiger partial charge on any atom is -0.329 e. The number of anilines is 3. The summed E-state index contributed by atoms with van der Waals surface area (Å²) >= 11 is 3.55. The number of fused-ring (bicyclic) bond motifs is 1. The van der Waals surface area contributed by atoms with E-state index in [1.165, 1.54) is 0 Å². The maximum Gasteiger partial charge on any atom is 0.246 e. The number of carbonyl (C=O) groups is 1. The molecule has 0 bridgehead atoms. The van der Waals surface area contributed by atoms with Crippen LogP contribution in [0, 0.1) is 0 Å². The number of benzene rings is 2. The first-order valence-corrected chi connectivity index (χ1v) is 6.85. The van der Waals surface area contributed by atoms with Crippen LogP contribution in [0.25, 0.3) is 0 Å². The van der Waals surface area contributed by atoms with E-state index in [1.54, 1.807) is 4.90 Å². The molecule has 4 heteroatoms. The Bertz CT molecular complexity index is 642. The van der Waals surface area contributed by atoms with Gasteiger partial charge in [-0.3, -0.25) is 4.79 Å². The number of para-hydroxylation sites is 3. The van der Waals surface area contributed by atoms with Crippen LogP contribution in [0.4, 0.5) is 17.1 Å². The lowest BCUT2D eigenvalue weighted by Gasteiger charge is -2.35. The van der Waals surface area contributed by atoms with Crippen molar-refractivity contribution in [3.63, 3.8) is 0 Å². The van der Waals surface area contributed by atoms with Crippen LogP contribution in [0.5, 0.6) is 0 Å². The molecular formula is C15H13BrN2O. The van der Waals surface area contributed by atoms with Crippen molar-refractivity contribution in [1.29, 1.82) is 0 Å². The van der Waals surface area contributed by atoms with Gasteiger partial charge in [0.2, 0.25) is 5.91 Å². The molecule has 96 valence electrons. The minimum absolute atomic E-state index is 0.0921. The van der Waals surface area contributed by atoms with Crippen LogP contribution in [0.15, 0.2) is 53.0 Å². The van der Waals surface area contributed by atoms with E-state index in [4.69, 9.17) is 0 Å². The van der Waals surface area contributed by atoms with Crippen molar-refractivity contribution in [2.75, 3.05) is 23.4 Å². The number of halogens is 1. The Morgan fingerprint density at radius 3 is 2.21 bits per heavy atom. The average Bonchev–Trinajstić information content (AvgIpc) is 2.44. The lowest BCUT2D eigenvalue weighted by atomic mass is 10.1. The Hall–Kier alpha value is -1.81. The molecule has 2 aromatic rings. The van der Waals surface area contributed by atoms with E-state index in [0.717, 1.165) is 21.5 Å². The predicted octanol–water partition coefficient (Wildman–Crippen LogP) is 3.56. The standard InChI is InChI=1S/C15H13BrN2O/c1-17-13-8-4-5-9-14(13)18(10-15(17)19)12-7-3-2-6-11(12)16/h2-9H,10H2,1H3. The minimum atomic E-state index is 0.0921. The first kappa shape index (κ1) is 12.2. The second kappa shape index (κ2) is 4.70. The van der Waals surface area contributed by atoms with E-state index < -0.39 is 0 Å². The molecule has 0 N–H and O–H groups in total. The second-order valence-electron chi connectivity index (χ2n) is 4.48. The quantitative estimate of drug-likeness (QED) is 0.803. The van der Waals surface area contributed by atoms with E-state index in [-0.39, 0.29) is 5.91 Å². The van der Waals surface area contributed by atoms with Crippen molar-refractivity contribution in [3.8, 4) is 0 Å². The molecule has 2 aromatic carbocycles. The molecule has 0 fully saturated rings. The van der Waals surface area contributed by atoms with Crippen molar-refractivity contribution in [2.45, 2.75) is 0 Å². The van der Waals surface area contributed by atoms with E-state index in [1.807, 2.05) is 60.5 Å². The summed E-state index contributed by atoms with van der Waals surface area (Å²) in [4.78, 5) is 15.9. The molecule has 3 rings (SSSR count). The highest BCUT2D eigenvalue weighted by molar-refractivity contribution is 9.10. The van der Waals surface area contributed by atoms with Gasteiger partial charge in [0.25, 0.3) is 0 Å². The largest absolute Gasteiger partial charge is 0.329 e. The predicted molar refractivity (Wildman–Crippen MR) is 81.0 cm³/mol. The highest BCUT2D eigenvalue weighted by Crippen LogP contribution is 2.39. The number of nitrogens with zero attached hydrogens (tertiary/aromatic N) is 2. The van der Waals surface area contributed by atoms with Gasteiger partial charge in [-0.2, -0.15) is 0 Å². The molecule has 0 saturated carbocycles. The number of hydrogen-bond acceptors (Lipinski definition) is 2. The van der Waals surface area contributed by atoms with Crippen LogP contribution >= 0.6 is 15.9 Å².